The van der Waals surface area contributed by atoms with Crippen LogP contribution in [0.15, 0.2) is 37.1 Å². The van der Waals surface area contributed by atoms with Gasteiger partial charge in [-0.05, 0) is 24.0 Å². The van der Waals surface area contributed by atoms with Gasteiger partial charge in [0.2, 0.25) is 0 Å². The minimum absolute atomic E-state index is 0.0201. The Morgan fingerprint density at radius 3 is 2.73 bits per heavy atom. The molecule has 0 spiro atoms. The van der Waals surface area contributed by atoms with E-state index in [-0.39, 0.29) is 18.6 Å². The lowest BCUT2D eigenvalue weighted by Crippen LogP contribution is -2.50. The molecule has 1 fully saturated rings. The highest BCUT2D eigenvalue weighted by Gasteiger charge is 2.38. The summed E-state index contributed by atoms with van der Waals surface area (Å²) >= 11 is 0. The summed E-state index contributed by atoms with van der Waals surface area (Å²) in [6.07, 6.45) is 1.53. The van der Waals surface area contributed by atoms with E-state index in [1.165, 1.54) is 5.56 Å². The molecule has 5 nitrogen and oxygen atoms in total. The molecule has 0 radical (unpaired) electrons. The lowest BCUT2D eigenvalue weighted by molar-refractivity contribution is -0.136. The third-order valence-corrected chi connectivity index (χ3v) is 4.60. The lowest BCUT2D eigenvalue weighted by atomic mass is 10.0. The van der Waals surface area contributed by atoms with E-state index in [1.807, 2.05) is 12.1 Å². The fraction of sp³-hybridized carbons (Fsp3) is 0.353. The van der Waals surface area contributed by atoms with Gasteiger partial charge in [-0.3, -0.25) is 4.79 Å². The van der Waals surface area contributed by atoms with Crippen LogP contribution in [0.2, 0.25) is 0 Å². The molecule has 2 heterocycles. The number of hydrogen-bond donors (Lipinski definition) is 2. The summed E-state index contributed by atoms with van der Waals surface area (Å²) in [5.74, 6) is 0.0201. The van der Waals surface area contributed by atoms with Crippen molar-refractivity contribution in [2.24, 2.45) is 11.5 Å². The quantitative estimate of drug-likeness (QED) is 0.883. The third-order valence-electron chi connectivity index (χ3n) is 4.60. The molecule has 1 saturated heterocycles. The number of nitrogens with zero attached hydrogens (tertiary/aromatic N) is 2. The molecule has 0 aromatic heterocycles. The van der Waals surface area contributed by atoms with Crippen molar-refractivity contribution in [1.82, 2.24) is 9.80 Å². The normalized spacial score (nSPS) is 21.5. The summed E-state index contributed by atoms with van der Waals surface area (Å²) in [6, 6.07) is 5.96. The van der Waals surface area contributed by atoms with Crippen LogP contribution < -0.4 is 11.5 Å². The lowest BCUT2D eigenvalue weighted by Gasteiger charge is -2.38. The first-order valence-corrected chi connectivity index (χ1v) is 7.53. The van der Waals surface area contributed by atoms with Crippen molar-refractivity contribution >= 4 is 11.6 Å². The molecule has 3 rings (SSSR count). The number of nitrogens with two attached hydrogens (primary N) is 2. The van der Waals surface area contributed by atoms with E-state index in [4.69, 9.17) is 11.5 Å². The molecule has 4 N–H and O–H groups in total. The molecule has 1 atom stereocenters. The number of rotatable bonds is 3. The molecule has 0 bridgehead atoms. The maximum atomic E-state index is 12.7. The van der Waals surface area contributed by atoms with Crippen molar-refractivity contribution in [3.8, 4) is 0 Å². The Labute approximate surface area is 130 Å². The second-order valence-electron chi connectivity index (χ2n) is 5.84. The van der Waals surface area contributed by atoms with E-state index < -0.39 is 0 Å². The Kier molecular flexibility index (Phi) is 3.76. The van der Waals surface area contributed by atoms with Gasteiger partial charge in [-0.25, -0.2) is 0 Å². The molecule has 1 amide bonds. The van der Waals surface area contributed by atoms with Gasteiger partial charge in [0.15, 0.2) is 0 Å². The monoisotopic (exact) mass is 298 g/mol. The summed E-state index contributed by atoms with van der Waals surface area (Å²) in [5.41, 5.74) is 16.5. The number of likely N-dealkylation sites (tertiary alicyclic amines) is 1. The smallest absolute Gasteiger partial charge is 0.250 e. The highest BCUT2D eigenvalue weighted by Crippen LogP contribution is 2.37. The number of allylic oxidation sites excluding steroid dienone is 1. The largest absolute Gasteiger partial charge is 0.355 e. The highest BCUT2D eigenvalue weighted by atomic mass is 16.2. The zero-order valence-corrected chi connectivity index (χ0v) is 12.7. The first-order valence-electron chi connectivity index (χ1n) is 7.53. The van der Waals surface area contributed by atoms with E-state index in [1.54, 1.807) is 4.90 Å². The predicted octanol–water partition coefficient (Wildman–Crippen LogP) is 1.35. The van der Waals surface area contributed by atoms with Crippen molar-refractivity contribution in [2.75, 3.05) is 6.67 Å². The van der Waals surface area contributed by atoms with Gasteiger partial charge in [-0.15, -0.1) is 0 Å². The summed E-state index contributed by atoms with van der Waals surface area (Å²) in [7, 11) is 0. The number of carbonyl (C=O) groups is 1. The average Bonchev–Trinajstić information content (AvgIpc) is 2.84. The van der Waals surface area contributed by atoms with Crippen LogP contribution in [-0.4, -0.2) is 28.4 Å². The second-order valence-corrected chi connectivity index (χ2v) is 5.84. The fourth-order valence-electron chi connectivity index (χ4n) is 3.32. The van der Waals surface area contributed by atoms with Crippen molar-refractivity contribution in [1.29, 1.82) is 0 Å². The maximum Gasteiger partial charge on any atom is 0.250 e. The minimum atomic E-state index is -0.213. The number of carbonyl (C=O) groups excluding carboxylic acids is 1. The van der Waals surface area contributed by atoms with Gasteiger partial charge in [0.1, 0.15) is 6.04 Å². The molecule has 1 unspecified atom stereocenters. The molecule has 2 aliphatic rings. The summed E-state index contributed by atoms with van der Waals surface area (Å²) < 4.78 is 0. The topological polar surface area (TPSA) is 75.6 Å². The summed E-state index contributed by atoms with van der Waals surface area (Å²) in [4.78, 5) is 16.3. The Hall–Kier alpha value is -2.11. The maximum absolute atomic E-state index is 12.7. The van der Waals surface area contributed by atoms with Gasteiger partial charge in [0.05, 0.1) is 6.67 Å². The van der Waals surface area contributed by atoms with Gasteiger partial charge in [-0.2, -0.15) is 0 Å². The molecule has 0 saturated carbocycles. The minimum Gasteiger partial charge on any atom is -0.355 e. The molecule has 5 heteroatoms. The van der Waals surface area contributed by atoms with Crippen LogP contribution in [0.4, 0.5) is 0 Å². The van der Waals surface area contributed by atoms with Crippen LogP contribution >= 0.6 is 0 Å². The van der Waals surface area contributed by atoms with Crippen molar-refractivity contribution in [2.45, 2.75) is 32.0 Å². The van der Waals surface area contributed by atoms with Crippen LogP contribution in [0, 0.1) is 0 Å². The van der Waals surface area contributed by atoms with Gasteiger partial charge in [-0.1, -0.05) is 31.4 Å². The van der Waals surface area contributed by atoms with Gasteiger partial charge < -0.3 is 21.3 Å². The first-order chi connectivity index (χ1) is 10.6. The molecule has 1 aromatic rings. The highest BCUT2D eigenvalue weighted by molar-refractivity contribution is 5.87. The Bertz CT molecular complexity index is 652. The van der Waals surface area contributed by atoms with Crippen molar-refractivity contribution < 1.29 is 4.79 Å². The molecular weight excluding hydrogens is 276 g/mol. The summed E-state index contributed by atoms with van der Waals surface area (Å²) in [6.45, 7) is 9.51. The van der Waals surface area contributed by atoms with Crippen LogP contribution in [-0.2, 0) is 17.9 Å². The summed E-state index contributed by atoms with van der Waals surface area (Å²) in [5, 5.41) is 0. The number of fused-ring (bicyclic) bond motifs is 1. The van der Waals surface area contributed by atoms with Crippen molar-refractivity contribution in [3.63, 3.8) is 0 Å². The SMILES string of the molecule is C=C1CCC(N2Cc3cc(CN)ccc3C2=C)C(=O)N1CN. The molecule has 1 aromatic carbocycles. The molecular formula is C17H22N4O. The van der Waals surface area contributed by atoms with E-state index in [2.05, 4.69) is 24.1 Å². The molecule has 0 aliphatic carbocycles. The van der Waals surface area contributed by atoms with Crippen LogP contribution in [0.3, 0.4) is 0 Å². The molecule has 22 heavy (non-hydrogen) atoms. The van der Waals surface area contributed by atoms with Crippen molar-refractivity contribution in [3.05, 3.63) is 53.7 Å². The van der Waals surface area contributed by atoms with E-state index >= 15 is 0 Å². The fourth-order valence-corrected chi connectivity index (χ4v) is 3.32. The average molecular weight is 298 g/mol. The van der Waals surface area contributed by atoms with Gasteiger partial charge in [0.25, 0.3) is 5.91 Å². The van der Waals surface area contributed by atoms with Crippen LogP contribution in [0.25, 0.3) is 5.70 Å². The predicted molar refractivity (Wildman–Crippen MR) is 87.0 cm³/mol. The molecule has 116 valence electrons. The zero-order valence-electron chi connectivity index (χ0n) is 12.7. The number of amides is 1. The Balaban J connectivity index is 1.87. The second kappa shape index (κ2) is 5.59. The number of benzene rings is 1. The van der Waals surface area contributed by atoms with Crippen LogP contribution in [0.1, 0.15) is 29.5 Å². The zero-order chi connectivity index (χ0) is 15.9. The standard InChI is InChI=1S/C17H22N4O/c1-11-3-6-16(17(22)21(11)10-19)20-9-14-7-13(8-18)4-5-15(14)12(20)2/h4-5,7,16H,1-3,6,8-10,18-19H2. The van der Waals surface area contributed by atoms with Gasteiger partial charge >= 0.3 is 0 Å². The Morgan fingerprint density at radius 2 is 2.05 bits per heavy atom. The molecule has 2 aliphatic heterocycles. The van der Waals surface area contributed by atoms with E-state index in [9.17, 15) is 4.79 Å². The van der Waals surface area contributed by atoms with Gasteiger partial charge in [0, 0.05) is 30.0 Å². The first kappa shape index (κ1) is 14.8. The van der Waals surface area contributed by atoms with E-state index in [0.717, 1.165) is 35.4 Å². The number of hydrogen-bond acceptors (Lipinski definition) is 4. The number of piperidine rings is 1. The third kappa shape index (κ3) is 2.23. The van der Waals surface area contributed by atoms with E-state index in [0.29, 0.717) is 13.1 Å². The van der Waals surface area contributed by atoms with Crippen LogP contribution in [0.5, 0.6) is 0 Å². The Morgan fingerprint density at radius 1 is 1.27 bits per heavy atom.